The molecule has 0 aliphatic carbocycles. The first kappa shape index (κ1) is 18.3. The summed E-state index contributed by atoms with van der Waals surface area (Å²) in [4.78, 5) is 3.75. The van der Waals surface area contributed by atoms with Gasteiger partial charge in [0.25, 0.3) is 0 Å². The van der Waals surface area contributed by atoms with Gasteiger partial charge in [-0.25, -0.2) is 0 Å². The molecular weight excluding hydrogens is 319 g/mol. The Bertz CT molecular complexity index is 661. The van der Waals surface area contributed by atoms with E-state index >= 15 is 0 Å². The number of hydrogen-bond donors (Lipinski definition) is 1. The van der Waals surface area contributed by atoms with Crippen LogP contribution in [-0.4, -0.2) is 23.4 Å². The van der Waals surface area contributed by atoms with Crippen LogP contribution in [0.15, 0.2) is 48.8 Å². The third-order valence-corrected chi connectivity index (χ3v) is 4.15. The normalized spacial score (nSPS) is 15.6. The number of para-hydroxylation sites is 1. The molecule has 1 N–H and O–H groups in total. The summed E-state index contributed by atoms with van der Waals surface area (Å²) in [5.41, 5.74) is -2.92. The molecule has 0 radical (unpaired) electrons. The van der Waals surface area contributed by atoms with Gasteiger partial charge in [-0.15, -0.1) is 0 Å². The van der Waals surface area contributed by atoms with Gasteiger partial charge in [-0.1, -0.05) is 31.5 Å². The highest BCUT2D eigenvalue weighted by molar-refractivity contribution is 5.41. The smallest absolute Gasteiger partial charge is 0.422 e. The van der Waals surface area contributed by atoms with E-state index in [1.54, 1.807) is 31.2 Å². The van der Waals surface area contributed by atoms with E-state index in [1.807, 2.05) is 0 Å². The molecule has 0 fully saturated rings. The third kappa shape index (κ3) is 3.24. The van der Waals surface area contributed by atoms with Gasteiger partial charge in [0.05, 0.1) is 7.11 Å². The fourth-order valence-electron chi connectivity index (χ4n) is 3.00. The summed E-state index contributed by atoms with van der Waals surface area (Å²) in [6.45, 7) is 1.78. The van der Waals surface area contributed by atoms with Gasteiger partial charge in [0.1, 0.15) is 5.75 Å². The first-order chi connectivity index (χ1) is 11.4. The van der Waals surface area contributed by atoms with Crippen LogP contribution in [0.2, 0.25) is 0 Å². The van der Waals surface area contributed by atoms with Crippen LogP contribution in [0.3, 0.4) is 0 Å². The van der Waals surface area contributed by atoms with Gasteiger partial charge in [-0.05, 0) is 30.2 Å². The molecule has 2 aromatic rings. The van der Waals surface area contributed by atoms with Crippen LogP contribution >= 0.6 is 0 Å². The lowest BCUT2D eigenvalue weighted by Crippen LogP contribution is -2.47. The SMILES string of the molecule is CCCC(c1ccccc1OC)C(O)(c1ccncc1)C(F)(F)F. The highest BCUT2D eigenvalue weighted by Crippen LogP contribution is 2.51. The molecule has 1 aromatic carbocycles. The Morgan fingerprint density at radius 3 is 2.29 bits per heavy atom. The Hall–Kier alpha value is -2.08. The van der Waals surface area contributed by atoms with Crippen molar-refractivity contribution in [2.75, 3.05) is 7.11 Å². The second kappa shape index (κ2) is 7.21. The maximum atomic E-state index is 14.0. The van der Waals surface area contributed by atoms with Crippen molar-refractivity contribution in [1.82, 2.24) is 4.98 Å². The molecule has 0 spiro atoms. The van der Waals surface area contributed by atoms with Crippen molar-refractivity contribution in [2.24, 2.45) is 0 Å². The van der Waals surface area contributed by atoms with Gasteiger partial charge in [0.15, 0.2) is 5.60 Å². The number of rotatable bonds is 6. The monoisotopic (exact) mass is 339 g/mol. The third-order valence-electron chi connectivity index (χ3n) is 4.15. The van der Waals surface area contributed by atoms with Crippen molar-refractivity contribution in [1.29, 1.82) is 0 Å². The number of benzene rings is 1. The number of hydrogen-bond acceptors (Lipinski definition) is 3. The Morgan fingerprint density at radius 2 is 1.75 bits per heavy atom. The van der Waals surface area contributed by atoms with Crippen molar-refractivity contribution in [3.63, 3.8) is 0 Å². The summed E-state index contributed by atoms with van der Waals surface area (Å²) in [5, 5.41) is 10.9. The van der Waals surface area contributed by atoms with E-state index in [1.165, 1.54) is 31.6 Å². The van der Waals surface area contributed by atoms with E-state index in [0.717, 1.165) is 0 Å². The van der Waals surface area contributed by atoms with E-state index in [0.29, 0.717) is 17.7 Å². The highest BCUT2D eigenvalue weighted by Gasteiger charge is 2.60. The molecule has 3 nitrogen and oxygen atoms in total. The van der Waals surface area contributed by atoms with Crippen LogP contribution in [0, 0.1) is 0 Å². The predicted octanol–water partition coefficient (Wildman–Crippen LogP) is 4.42. The zero-order valence-electron chi connectivity index (χ0n) is 13.5. The second-order valence-electron chi connectivity index (χ2n) is 5.58. The number of nitrogens with zero attached hydrogens (tertiary/aromatic N) is 1. The maximum Gasteiger partial charge on any atom is 0.422 e. The molecule has 0 bridgehead atoms. The average Bonchev–Trinajstić information content (AvgIpc) is 2.59. The lowest BCUT2D eigenvalue weighted by Gasteiger charge is -2.38. The molecule has 0 amide bonds. The molecule has 0 aliphatic rings. The Kier molecular flexibility index (Phi) is 5.49. The fraction of sp³-hybridized carbons (Fsp3) is 0.389. The van der Waals surface area contributed by atoms with Crippen LogP contribution in [0.25, 0.3) is 0 Å². The van der Waals surface area contributed by atoms with Crippen LogP contribution in [-0.2, 0) is 5.60 Å². The molecule has 1 heterocycles. The minimum Gasteiger partial charge on any atom is -0.496 e. The van der Waals surface area contributed by atoms with Crippen molar-refractivity contribution >= 4 is 0 Å². The van der Waals surface area contributed by atoms with Crippen LogP contribution in [0.1, 0.15) is 36.8 Å². The number of alkyl halides is 3. The average molecular weight is 339 g/mol. The fourth-order valence-corrected chi connectivity index (χ4v) is 3.00. The lowest BCUT2D eigenvalue weighted by molar-refractivity contribution is -0.277. The van der Waals surface area contributed by atoms with Gasteiger partial charge >= 0.3 is 6.18 Å². The molecule has 6 heteroatoms. The summed E-state index contributed by atoms with van der Waals surface area (Å²) >= 11 is 0. The standard InChI is InChI=1S/C18H20F3NO2/c1-3-6-15(14-7-4-5-8-16(14)24-2)17(23,18(19,20)21)13-9-11-22-12-10-13/h4-5,7-12,15,23H,3,6H2,1-2H3. The van der Waals surface area contributed by atoms with Crippen molar-refractivity contribution in [3.8, 4) is 5.75 Å². The lowest BCUT2D eigenvalue weighted by atomic mass is 9.74. The topological polar surface area (TPSA) is 42.4 Å². The van der Waals surface area contributed by atoms with Gasteiger partial charge in [0.2, 0.25) is 0 Å². The van der Waals surface area contributed by atoms with Crippen molar-refractivity contribution < 1.29 is 23.0 Å². The highest BCUT2D eigenvalue weighted by atomic mass is 19.4. The van der Waals surface area contributed by atoms with Gasteiger partial charge in [-0.3, -0.25) is 4.98 Å². The second-order valence-corrected chi connectivity index (χ2v) is 5.58. The van der Waals surface area contributed by atoms with Gasteiger partial charge in [-0.2, -0.15) is 13.2 Å². The molecular formula is C18H20F3NO2. The van der Waals surface area contributed by atoms with E-state index in [2.05, 4.69) is 4.98 Å². The maximum absolute atomic E-state index is 14.0. The minimum absolute atomic E-state index is 0.151. The molecule has 1 aromatic heterocycles. The molecule has 0 saturated carbocycles. The number of halogens is 3. The quantitative estimate of drug-likeness (QED) is 0.847. The van der Waals surface area contributed by atoms with Gasteiger partial charge < -0.3 is 9.84 Å². The summed E-state index contributed by atoms with van der Waals surface area (Å²) < 4.78 is 47.1. The first-order valence-electron chi connectivity index (χ1n) is 7.68. The number of methoxy groups -OCH3 is 1. The van der Waals surface area contributed by atoms with Crippen molar-refractivity contribution in [3.05, 3.63) is 59.9 Å². The van der Waals surface area contributed by atoms with E-state index in [-0.39, 0.29) is 12.0 Å². The van der Waals surface area contributed by atoms with Crippen LogP contribution in [0.4, 0.5) is 13.2 Å². The van der Waals surface area contributed by atoms with E-state index < -0.39 is 17.7 Å². The zero-order valence-corrected chi connectivity index (χ0v) is 13.5. The summed E-state index contributed by atoms with van der Waals surface area (Å²) in [7, 11) is 1.40. The number of ether oxygens (including phenoxy) is 1. The first-order valence-corrected chi connectivity index (χ1v) is 7.68. The van der Waals surface area contributed by atoms with Crippen LogP contribution < -0.4 is 4.74 Å². The number of pyridine rings is 1. The van der Waals surface area contributed by atoms with Gasteiger partial charge in [0, 0.05) is 23.9 Å². The number of aromatic nitrogens is 1. The molecule has 24 heavy (non-hydrogen) atoms. The summed E-state index contributed by atoms with van der Waals surface area (Å²) in [5.74, 6) is -0.867. The molecule has 130 valence electrons. The van der Waals surface area contributed by atoms with Crippen LogP contribution in [0.5, 0.6) is 5.75 Å². The summed E-state index contributed by atoms with van der Waals surface area (Å²) in [6, 6.07) is 8.89. The Balaban J connectivity index is 2.68. The van der Waals surface area contributed by atoms with Crippen molar-refractivity contribution in [2.45, 2.75) is 37.5 Å². The Labute approximate surface area is 139 Å². The minimum atomic E-state index is -4.85. The molecule has 0 aliphatic heterocycles. The predicted molar refractivity (Wildman–Crippen MR) is 84.8 cm³/mol. The molecule has 2 unspecified atom stereocenters. The molecule has 2 rings (SSSR count). The number of aliphatic hydroxyl groups is 1. The van der Waals surface area contributed by atoms with E-state index in [9.17, 15) is 18.3 Å². The summed E-state index contributed by atoms with van der Waals surface area (Å²) in [6.07, 6.45) is -1.73. The largest absolute Gasteiger partial charge is 0.496 e. The van der Waals surface area contributed by atoms with E-state index in [4.69, 9.17) is 4.74 Å². The zero-order chi connectivity index (χ0) is 17.8. The molecule has 0 saturated heterocycles. The molecule has 2 atom stereocenters. The Morgan fingerprint density at radius 1 is 1.12 bits per heavy atom.